The van der Waals surface area contributed by atoms with E-state index in [9.17, 15) is 13.8 Å². The van der Waals surface area contributed by atoms with E-state index in [1.807, 2.05) is 6.92 Å². The Morgan fingerprint density at radius 2 is 2.00 bits per heavy atom. The van der Waals surface area contributed by atoms with E-state index in [1.165, 1.54) is 12.1 Å². The Kier molecular flexibility index (Phi) is 8.39. The second kappa shape index (κ2) is 10.1. The number of benzene rings is 1. The summed E-state index contributed by atoms with van der Waals surface area (Å²) >= 11 is 0. The predicted molar refractivity (Wildman–Crippen MR) is 82.2 cm³/mol. The minimum Gasteiger partial charge on any atom is -0.478 e. The van der Waals surface area contributed by atoms with Gasteiger partial charge in [0.05, 0.1) is 12.2 Å². The highest BCUT2D eigenvalue weighted by molar-refractivity contribution is 7.84. The van der Waals surface area contributed by atoms with Crippen molar-refractivity contribution in [1.82, 2.24) is 0 Å². The number of hydrogen-bond acceptors (Lipinski definition) is 5. The van der Waals surface area contributed by atoms with Crippen molar-refractivity contribution in [2.24, 2.45) is 0 Å². The summed E-state index contributed by atoms with van der Waals surface area (Å²) < 4.78 is 21.9. The summed E-state index contributed by atoms with van der Waals surface area (Å²) in [6.45, 7) is 3.06. The summed E-state index contributed by atoms with van der Waals surface area (Å²) in [5, 5.41) is 8.89. The summed E-state index contributed by atoms with van der Waals surface area (Å²) in [7, 11) is -1.44. The number of rotatable bonds is 10. The molecule has 0 aliphatic carbocycles. The third kappa shape index (κ3) is 7.33. The highest BCUT2D eigenvalue weighted by Gasteiger charge is 2.11. The highest BCUT2D eigenvalue weighted by Crippen LogP contribution is 2.08. The van der Waals surface area contributed by atoms with Crippen LogP contribution in [0, 0.1) is 0 Å². The topological polar surface area (TPSA) is 89.9 Å². The van der Waals surface area contributed by atoms with Gasteiger partial charge in [0.15, 0.2) is 0 Å². The van der Waals surface area contributed by atoms with Crippen molar-refractivity contribution in [2.75, 3.05) is 25.6 Å². The molecule has 0 radical (unpaired) electrons. The first-order valence-electron chi connectivity index (χ1n) is 6.93. The van der Waals surface area contributed by atoms with Crippen LogP contribution in [0.5, 0.6) is 0 Å². The third-order valence-electron chi connectivity index (χ3n) is 2.62. The molecule has 1 N–H and O–H groups in total. The maximum absolute atomic E-state index is 11.9. The van der Waals surface area contributed by atoms with E-state index in [0.717, 1.165) is 6.42 Å². The monoisotopic (exact) mass is 328 g/mol. The molecule has 0 aromatic heterocycles. The average Bonchev–Trinajstić information content (AvgIpc) is 2.47. The van der Waals surface area contributed by atoms with E-state index in [0.29, 0.717) is 18.8 Å². The number of carboxylic acids is 1. The Labute approximate surface area is 131 Å². The molecule has 6 nitrogen and oxygen atoms in total. The second-order valence-corrected chi connectivity index (χ2v) is 6.02. The SMILES string of the molecule is CCCOCCOC(=O)CS(=O)Cc1cccc(C(=O)O)c1. The van der Waals surface area contributed by atoms with Gasteiger partial charge in [-0.05, 0) is 24.1 Å². The molecule has 0 spiro atoms. The first-order chi connectivity index (χ1) is 10.5. The molecule has 0 saturated carbocycles. The molecule has 22 heavy (non-hydrogen) atoms. The fourth-order valence-corrected chi connectivity index (χ4v) is 2.66. The van der Waals surface area contributed by atoms with Gasteiger partial charge in [0.1, 0.15) is 12.4 Å². The van der Waals surface area contributed by atoms with Gasteiger partial charge in [0, 0.05) is 23.2 Å². The van der Waals surface area contributed by atoms with E-state index in [2.05, 4.69) is 0 Å². The number of carbonyl (C=O) groups is 2. The molecule has 1 aromatic carbocycles. The predicted octanol–water partition coefficient (Wildman–Crippen LogP) is 1.60. The molecule has 7 heteroatoms. The number of carboxylic acid groups (broad SMARTS) is 1. The lowest BCUT2D eigenvalue weighted by Crippen LogP contribution is -2.18. The van der Waals surface area contributed by atoms with Crippen LogP contribution in [0.3, 0.4) is 0 Å². The molecule has 1 rings (SSSR count). The molecule has 1 aromatic rings. The lowest BCUT2D eigenvalue weighted by Gasteiger charge is -2.06. The molecule has 0 heterocycles. The van der Waals surface area contributed by atoms with E-state index in [1.54, 1.807) is 12.1 Å². The van der Waals surface area contributed by atoms with Crippen molar-refractivity contribution in [3.05, 3.63) is 35.4 Å². The average molecular weight is 328 g/mol. The van der Waals surface area contributed by atoms with Crippen molar-refractivity contribution in [3.8, 4) is 0 Å². The second-order valence-electron chi connectivity index (χ2n) is 4.57. The molecular weight excluding hydrogens is 308 g/mol. The fraction of sp³-hybridized carbons (Fsp3) is 0.467. The van der Waals surface area contributed by atoms with E-state index >= 15 is 0 Å². The van der Waals surface area contributed by atoms with Crippen LogP contribution in [0.4, 0.5) is 0 Å². The Bertz CT molecular complexity index is 529. The molecule has 122 valence electrons. The van der Waals surface area contributed by atoms with Gasteiger partial charge in [-0.25, -0.2) is 4.79 Å². The van der Waals surface area contributed by atoms with Crippen LogP contribution in [-0.4, -0.2) is 46.8 Å². The van der Waals surface area contributed by atoms with Gasteiger partial charge in [-0.3, -0.25) is 9.00 Å². The van der Waals surface area contributed by atoms with Gasteiger partial charge < -0.3 is 14.6 Å². The van der Waals surface area contributed by atoms with Crippen LogP contribution in [0.15, 0.2) is 24.3 Å². The first kappa shape index (κ1) is 18.3. The maximum Gasteiger partial charge on any atom is 0.335 e. The molecule has 0 aliphatic rings. The van der Waals surface area contributed by atoms with Crippen LogP contribution in [0.2, 0.25) is 0 Å². The van der Waals surface area contributed by atoms with E-state index < -0.39 is 22.7 Å². The van der Waals surface area contributed by atoms with Crippen LogP contribution in [0.1, 0.15) is 29.3 Å². The van der Waals surface area contributed by atoms with Gasteiger partial charge in [-0.1, -0.05) is 19.1 Å². The zero-order valence-electron chi connectivity index (χ0n) is 12.4. The van der Waals surface area contributed by atoms with Gasteiger partial charge in [0.25, 0.3) is 0 Å². The van der Waals surface area contributed by atoms with E-state index in [-0.39, 0.29) is 23.7 Å². The van der Waals surface area contributed by atoms with Crippen molar-refractivity contribution in [3.63, 3.8) is 0 Å². The van der Waals surface area contributed by atoms with Gasteiger partial charge in [-0.2, -0.15) is 0 Å². The zero-order chi connectivity index (χ0) is 16.4. The normalized spacial score (nSPS) is 11.9. The molecule has 0 fully saturated rings. The number of esters is 1. The number of hydrogen-bond donors (Lipinski definition) is 1. The standard InChI is InChI=1S/C15H20O6S/c1-2-6-20-7-8-21-14(16)11-22(19)10-12-4-3-5-13(9-12)15(17)18/h3-5,9H,2,6-8,10-11H2,1H3,(H,17,18). The number of carbonyl (C=O) groups excluding carboxylic acids is 1. The molecule has 0 amide bonds. The van der Waals surface area contributed by atoms with Crippen molar-refractivity contribution < 1.29 is 28.4 Å². The van der Waals surface area contributed by atoms with Crippen LogP contribution < -0.4 is 0 Å². The highest BCUT2D eigenvalue weighted by atomic mass is 32.2. The molecular formula is C15H20O6S. The largest absolute Gasteiger partial charge is 0.478 e. The van der Waals surface area contributed by atoms with Crippen LogP contribution >= 0.6 is 0 Å². The lowest BCUT2D eigenvalue weighted by molar-refractivity contribution is -0.142. The van der Waals surface area contributed by atoms with Gasteiger partial charge in [-0.15, -0.1) is 0 Å². The Balaban J connectivity index is 2.35. The fourth-order valence-electron chi connectivity index (χ4n) is 1.67. The molecule has 0 aliphatic heterocycles. The number of aromatic carboxylic acids is 1. The van der Waals surface area contributed by atoms with Crippen molar-refractivity contribution in [2.45, 2.75) is 19.1 Å². The van der Waals surface area contributed by atoms with Crippen molar-refractivity contribution in [1.29, 1.82) is 0 Å². The maximum atomic E-state index is 11.9. The van der Waals surface area contributed by atoms with Crippen LogP contribution in [0.25, 0.3) is 0 Å². The summed E-state index contributed by atoms with van der Waals surface area (Å²) in [5.74, 6) is -1.69. The van der Waals surface area contributed by atoms with Gasteiger partial charge >= 0.3 is 11.9 Å². The quantitative estimate of drug-likeness (QED) is 0.518. The summed E-state index contributed by atoms with van der Waals surface area (Å²) in [4.78, 5) is 22.3. The Morgan fingerprint density at radius 3 is 2.68 bits per heavy atom. The Morgan fingerprint density at radius 1 is 1.23 bits per heavy atom. The van der Waals surface area contributed by atoms with Crippen molar-refractivity contribution >= 4 is 22.7 Å². The zero-order valence-corrected chi connectivity index (χ0v) is 13.3. The minimum atomic E-state index is -1.44. The number of ether oxygens (including phenoxy) is 2. The molecule has 1 unspecified atom stereocenters. The Hall–Kier alpha value is -1.73. The first-order valence-corrected chi connectivity index (χ1v) is 8.42. The molecule has 1 atom stereocenters. The molecule has 0 saturated heterocycles. The minimum absolute atomic E-state index is 0.114. The van der Waals surface area contributed by atoms with Gasteiger partial charge in [0.2, 0.25) is 0 Å². The summed E-state index contributed by atoms with van der Waals surface area (Å²) in [6.07, 6.45) is 0.896. The summed E-state index contributed by atoms with van der Waals surface area (Å²) in [6, 6.07) is 6.16. The summed E-state index contributed by atoms with van der Waals surface area (Å²) in [5.41, 5.74) is 0.738. The smallest absolute Gasteiger partial charge is 0.335 e. The lowest BCUT2D eigenvalue weighted by atomic mass is 10.1. The third-order valence-corrected chi connectivity index (χ3v) is 3.83. The van der Waals surface area contributed by atoms with E-state index in [4.69, 9.17) is 14.6 Å². The molecule has 0 bridgehead atoms. The van der Waals surface area contributed by atoms with Crippen LogP contribution in [-0.2, 0) is 30.8 Å².